The van der Waals surface area contributed by atoms with E-state index >= 15 is 0 Å². The van der Waals surface area contributed by atoms with E-state index < -0.39 is 0 Å². The summed E-state index contributed by atoms with van der Waals surface area (Å²) < 4.78 is 0. The lowest BCUT2D eigenvalue weighted by Gasteiger charge is -2.28. The summed E-state index contributed by atoms with van der Waals surface area (Å²) in [6, 6.07) is 4.08. The van der Waals surface area contributed by atoms with E-state index in [4.69, 9.17) is 0 Å². The zero-order valence-corrected chi connectivity index (χ0v) is 11.9. The van der Waals surface area contributed by atoms with E-state index in [1.54, 1.807) is 23.1 Å². The molecule has 1 saturated carbocycles. The van der Waals surface area contributed by atoms with Gasteiger partial charge in [0.25, 0.3) is 0 Å². The lowest BCUT2D eigenvalue weighted by molar-refractivity contribution is -0.120. The molecule has 1 amide bonds. The normalized spacial score (nSPS) is 23.8. The van der Waals surface area contributed by atoms with Gasteiger partial charge in [-0.05, 0) is 24.3 Å². The van der Waals surface area contributed by atoms with E-state index in [1.165, 1.54) is 4.88 Å². The Morgan fingerprint density at radius 1 is 1.50 bits per heavy atom. The SMILES string of the molecule is O=C(CSCc1cccs1)N[C@@H]1CCCC[C@H]1O. The number of rotatable bonds is 5. The van der Waals surface area contributed by atoms with Crippen molar-refractivity contribution in [3.05, 3.63) is 22.4 Å². The van der Waals surface area contributed by atoms with Crippen LogP contribution in [-0.4, -0.2) is 28.9 Å². The van der Waals surface area contributed by atoms with Crippen molar-refractivity contribution in [3.8, 4) is 0 Å². The van der Waals surface area contributed by atoms with Crippen molar-refractivity contribution in [1.29, 1.82) is 0 Å². The molecule has 3 nitrogen and oxygen atoms in total. The van der Waals surface area contributed by atoms with Crippen LogP contribution in [0.25, 0.3) is 0 Å². The first-order chi connectivity index (χ1) is 8.75. The van der Waals surface area contributed by atoms with Crippen molar-refractivity contribution < 1.29 is 9.90 Å². The van der Waals surface area contributed by atoms with E-state index in [0.717, 1.165) is 31.4 Å². The predicted octanol–water partition coefficient (Wildman–Crippen LogP) is 2.40. The van der Waals surface area contributed by atoms with E-state index in [-0.39, 0.29) is 18.1 Å². The van der Waals surface area contributed by atoms with Crippen LogP contribution in [0, 0.1) is 0 Å². The highest BCUT2D eigenvalue weighted by Gasteiger charge is 2.24. The minimum absolute atomic E-state index is 0.0337. The molecule has 1 aromatic rings. The van der Waals surface area contributed by atoms with Gasteiger partial charge in [-0.1, -0.05) is 18.9 Å². The van der Waals surface area contributed by atoms with Gasteiger partial charge >= 0.3 is 0 Å². The fourth-order valence-electron chi connectivity index (χ4n) is 2.17. The molecule has 100 valence electrons. The van der Waals surface area contributed by atoms with Gasteiger partial charge in [0.1, 0.15) is 0 Å². The number of carbonyl (C=O) groups excluding carboxylic acids is 1. The molecule has 5 heteroatoms. The second kappa shape index (κ2) is 7.16. The fourth-order valence-corrected chi connectivity index (χ4v) is 3.85. The molecule has 0 aliphatic heterocycles. The largest absolute Gasteiger partial charge is 0.391 e. The minimum atomic E-state index is -0.356. The Bertz CT molecular complexity index is 367. The maximum Gasteiger partial charge on any atom is 0.230 e. The van der Waals surface area contributed by atoms with E-state index in [2.05, 4.69) is 11.4 Å². The average Bonchev–Trinajstić information content (AvgIpc) is 2.85. The van der Waals surface area contributed by atoms with E-state index in [1.807, 2.05) is 11.4 Å². The maximum atomic E-state index is 11.7. The molecule has 0 unspecified atom stereocenters. The molecule has 18 heavy (non-hydrogen) atoms. The van der Waals surface area contributed by atoms with Crippen molar-refractivity contribution in [2.45, 2.75) is 43.6 Å². The second-order valence-corrected chi connectivity index (χ2v) is 6.62. The third-order valence-corrected chi connectivity index (χ3v) is 5.17. The van der Waals surface area contributed by atoms with Crippen molar-refractivity contribution >= 4 is 29.0 Å². The standard InChI is InChI=1S/C13H19NO2S2/c15-12-6-2-1-5-11(12)14-13(16)9-17-8-10-4-3-7-18-10/h3-4,7,11-12,15H,1-2,5-6,8-9H2,(H,14,16)/t11-,12-/m1/s1. The topological polar surface area (TPSA) is 49.3 Å². The molecule has 2 atom stereocenters. The zero-order valence-electron chi connectivity index (χ0n) is 10.3. The first kappa shape index (κ1) is 13.9. The third kappa shape index (κ3) is 4.30. The molecular formula is C13H19NO2S2. The monoisotopic (exact) mass is 285 g/mol. The van der Waals surface area contributed by atoms with Crippen LogP contribution in [0.2, 0.25) is 0 Å². The smallest absolute Gasteiger partial charge is 0.230 e. The molecule has 1 aromatic heterocycles. The first-order valence-electron chi connectivity index (χ1n) is 6.33. The van der Waals surface area contributed by atoms with Crippen molar-refractivity contribution in [1.82, 2.24) is 5.32 Å². The van der Waals surface area contributed by atoms with Gasteiger partial charge in [0.2, 0.25) is 5.91 Å². The Morgan fingerprint density at radius 3 is 3.06 bits per heavy atom. The number of hydrogen-bond acceptors (Lipinski definition) is 4. The second-order valence-electron chi connectivity index (χ2n) is 4.60. The molecule has 0 saturated heterocycles. The van der Waals surface area contributed by atoms with Gasteiger partial charge in [0, 0.05) is 10.6 Å². The summed E-state index contributed by atoms with van der Waals surface area (Å²) in [4.78, 5) is 13.0. The lowest BCUT2D eigenvalue weighted by Crippen LogP contribution is -2.45. The Hall–Kier alpha value is -0.520. The lowest BCUT2D eigenvalue weighted by atomic mass is 9.93. The predicted molar refractivity (Wildman–Crippen MR) is 76.9 cm³/mol. The molecule has 0 bridgehead atoms. The summed E-state index contributed by atoms with van der Waals surface area (Å²) in [5, 5.41) is 14.8. The highest BCUT2D eigenvalue weighted by atomic mass is 32.2. The Morgan fingerprint density at radius 2 is 2.33 bits per heavy atom. The molecular weight excluding hydrogens is 266 g/mol. The highest BCUT2D eigenvalue weighted by Crippen LogP contribution is 2.19. The molecule has 1 heterocycles. The summed E-state index contributed by atoms with van der Waals surface area (Å²) in [7, 11) is 0. The Balaban J connectivity index is 1.65. The number of thioether (sulfide) groups is 1. The molecule has 1 aliphatic carbocycles. The number of aliphatic hydroxyl groups excluding tert-OH is 1. The first-order valence-corrected chi connectivity index (χ1v) is 8.36. The molecule has 1 aliphatic rings. The maximum absolute atomic E-state index is 11.7. The van der Waals surface area contributed by atoms with Crippen LogP contribution in [0.4, 0.5) is 0 Å². The summed E-state index contributed by atoms with van der Waals surface area (Å²) in [5.74, 6) is 1.40. The summed E-state index contributed by atoms with van der Waals surface area (Å²) >= 11 is 3.34. The number of carbonyl (C=O) groups is 1. The van der Waals surface area contributed by atoms with Gasteiger partial charge < -0.3 is 10.4 Å². The van der Waals surface area contributed by atoms with Crippen molar-refractivity contribution in [3.63, 3.8) is 0 Å². The summed E-state index contributed by atoms with van der Waals surface area (Å²) in [6.45, 7) is 0. The van der Waals surface area contributed by atoms with Crippen LogP contribution in [0.15, 0.2) is 17.5 Å². The number of hydrogen-bond donors (Lipinski definition) is 2. The minimum Gasteiger partial charge on any atom is -0.391 e. The quantitative estimate of drug-likeness (QED) is 0.873. The number of aliphatic hydroxyl groups is 1. The summed E-state index contributed by atoms with van der Waals surface area (Å²) in [6.07, 6.45) is 3.53. The zero-order chi connectivity index (χ0) is 12.8. The fraction of sp³-hybridized carbons (Fsp3) is 0.615. The van der Waals surface area contributed by atoms with Gasteiger partial charge in [-0.2, -0.15) is 0 Å². The molecule has 0 spiro atoms. The number of thiophene rings is 1. The van der Waals surface area contributed by atoms with Gasteiger partial charge in [-0.25, -0.2) is 0 Å². The Kier molecular flexibility index (Phi) is 5.53. The van der Waals surface area contributed by atoms with Crippen LogP contribution < -0.4 is 5.32 Å². The highest BCUT2D eigenvalue weighted by molar-refractivity contribution is 7.99. The molecule has 2 rings (SSSR count). The third-order valence-electron chi connectivity index (χ3n) is 3.13. The van der Waals surface area contributed by atoms with Gasteiger partial charge in [-0.3, -0.25) is 4.79 Å². The molecule has 0 radical (unpaired) electrons. The van der Waals surface area contributed by atoms with E-state index in [9.17, 15) is 9.90 Å². The Labute approximate surface area is 116 Å². The summed E-state index contributed by atoms with van der Waals surface area (Å²) in [5.41, 5.74) is 0. The molecule has 2 N–H and O–H groups in total. The molecule has 1 fully saturated rings. The van der Waals surface area contributed by atoms with Crippen LogP contribution in [-0.2, 0) is 10.5 Å². The van der Waals surface area contributed by atoms with E-state index in [0.29, 0.717) is 5.75 Å². The van der Waals surface area contributed by atoms with Crippen molar-refractivity contribution in [2.24, 2.45) is 0 Å². The van der Waals surface area contributed by atoms with Crippen LogP contribution in [0.3, 0.4) is 0 Å². The number of amides is 1. The number of nitrogens with one attached hydrogen (secondary N) is 1. The molecule has 0 aromatic carbocycles. The van der Waals surface area contributed by atoms with Crippen LogP contribution >= 0.6 is 23.1 Å². The van der Waals surface area contributed by atoms with Gasteiger partial charge in [0.05, 0.1) is 17.9 Å². The van der Waals surface area contributed by atoms with Crippen molar-refractivity contribution in [2.75, 3.05) is 5.75 Å². The van der Waals surface area contributed by atoms with Gasteiger partial charge in [-0.15, -0.1) is 23.1 Å². The van der Waals surface area contributed by atoms with Crippen LogP contribution in [0.1, 0.15) is 30.6 Å². The van der Waals surface area contributed by atoms with Crippen LogP contribution in [0.5, 0.6) is 0 Å². The van der Waals surface area contributed by atoms with Gasteiger partial charge in [0.15, 0.2) is 0 Å². The average molecular weight is 285 g/mol.